The monoisotopic (exact) mass is 466 g/mol. The average Bonchev–Trinajstić information content (AvgIpc) is 3.18. The largest absolute Gasteiger partial charge is 0.343 e. The zero-order valence-corrected chi connectivity index (χ0v) is 19.8. The van der Waals surface area contributed by atoms with Crippen LogP contribution in [0.5, 0.6) is 0 Å². The van der Waals surface area contributed by atoms with Gasteiger partial charge in [-0.25, -0.2) is 4.68 Å². The maximum absolute atomic E-state index is 13.0. The minimum atomic E-state index is -0.713. The van der Waals surface area contributed by atoms with E-state index < -0.39 is 17.7 Å². The quantitative estimate of drug-likeness (QED) is 0.302. The molecule has 35 heavy (non-hydrogen) atoms. The minimum Gasteiger partial charge on any atom is -0.343 e. The van der Waals surface area contributed by atoms with Crippen LogP contribution in [-0.2, 0) is 4.79 Å². The number of aromatic nitrogens is 2. The van der Waals surface area contributed by atoms with Crippen LogP contribution in [0.1, 0.15) is 50.6 Å². The second kappa shape index (κ2) is 10.2. The van der Waals surface area contributed by atoms with E-state index in [4.69, 9.17) is 0 Å². The van der Waals surface area contributed by atoms with E-state index in [1.54, 1.807) is 67.9 Å². The molecular formula is C28H26N4O3. The first-order valence-electron chi connectivity index (χ1n) is 11.3. The molecule has 0 saturated heterocycles. The van der Waals surface area contributed by atoms with Gasteiger partial charge >= 0.3 is 0 Å². The van der Waals surface area contributed by atoms with Crippen molar-refractivity contribution in [2.75, 3.05) is 5.32 Å². The lowest BCUT2D eigenvalue weighted by molar-refractivity contribution is -0.117. The van der Waals surface area contributed by atoms with Crippen molar-refractivity contribution in [1.29, 1.82) is 0 Å². The Morgan fingerprint density at radius 1 is 0.857 bits per heavy atom. The average molecular weight is 467 g/mol. The number of anilines is 1. The summed E-state index contributed by atoms with van der Waals surface area (Å²) in [5.41, 5.74) is 4.10. The second-order valence-corrected chi connectivity index (χ2v) is 8.26. The molecule has 1 heterocycles. The van der Waals surface area contributed by atoms with Gasteiger partial charge in [0.1, 0.15) is 0 Å². The summed E-state index contributed by atoms with van der Waals surface area (Å²) in [6.45, 7) is 5.28. The van der Waals surface area contributed by atoms with Crippen LogP contribution >= 0.6 is 0 Å². The van der Waals surface area contributed by atoms with Crippen LogP contribution in [0.15, 0.2) is 84.9 Å². The first-order valence-corrected chi connectivity index (χ1v) is 11.3. The summed E-state index contributed by atoms with van der Waals surface area (Å²) in [7, 11) is 0. The minimum absolute atomic E-state index is 0.226. The van der Waals surface area contributed by atoms with Crippen LogP contribution in [0, 0.1) is 13.8 Å². The number of benzene rings is 3. The molecule has 0 aliphatic carbocycles. The SMILES string of the molecule is Cc1nn(-c2ccccc2)c(C)c1C(=O)C(=O)NC(C)c1cccc(NC(=O)c2ccccc2)c1. The molecule has 1 unspecified atom stereocenters. The summed E-state index contributed by atoms with van der Waals surface area (Å²) in [6.07, 6.45) is 0. The van der Waals surface area contributed by atoms with Crippen molar-refractivity contribution >= 4 is 23.3 Å². The molecule has 0 fully saturated rings. The molecule has 0 saturated carbocycles. The molecule has 1 atom stereocenters. The Kier molecular flexibility index (Phi) is 6.87. The molecule has 0 radical (unpaired) electrons. The van der Waals surface area contributed by atoms with Gasteiger partial charge in [0.05, 0.1) is 28.7 Å². The van der Waals surface area contributed by atoms with E-state index in [1.807, 2.05) is 42.5 Å². The fraction of sp³-hybridized carbons (Fsp3) is 0.143. The summed E-state index contributed by atoms with van der Waals surface area (Å²) in [4.78, 5) is 38.4. The van der Waals surface area contributed by atoms with E-state index in [1.165, 1.54) is 0 Å². The van der Waals surface area contributed by atoms with Gasteiger partial charge in [-0.1, -0.05) is 48.5 Å². The van der Waals surface area contributed by atoms with E-state index >= 15 is 0 Å². The third-order valence-corrected chi connectivity index (χ3v) is 5.75. The number of hydrogen-bond acceptors (Lipinski definition) is 4. The fourth-order valence-electron chi connectivity index (χ4n) is 3.93. The number of carbonyl (C=O) groups excluding carboxylic acids is 3. The Balaban J connectivity index is 1.47. The normalized spacial score (nSPS) is 11.5. The lowest BCUT2D eigenvalue weighted by Gasteiger charge is -2.15. The summed E-state index contributed by atoms with van der Waals surface area (Å²) < 4.78 is 1.66. The number of Topliss-reactive ketones (excluding diaryl/α,β-unsaturated/α-hetero) is 1. The van der Waals surface area contributed by atoms with Gasteiger partial charge in [0.2, 0.25) is 0 Å². The maximum atomic E-state index is 13.0. The predicted molar refractivity (Wildman–Crippen MR) is 135 cm³/mol. The predicted octanol–water partition coefficient (Wildman–Crippen LogP) is 4.80. The fourth-order valence-corrected chi connectivity index (χ4v) is 3.93. The standard InChI is InChI=1S/C28H26N4O3/c1-18(22-13-10-14-23(17-22)30-27(34)21-11-6-4-7-12-21)29-28(35)26(33)25-19(2)31-32(20(25)3)24-15-8-5-9-16-24/h4-18H,1-3H3,(H,29,35)(H,30,34). The van der Waals surface area contributed by atoms with Gasteiger partial charge < -0.3 is 10.6 Å². The maximum Gasteiger partial charge on any atom is 0.293 e. The third-order valence-electron chi connectivity index (χ3n) is 5.75. The van der Waals surface area contributed by atoms with Crippen LogP contribution in [0.25, 0.3) is 5.69 Å². The van der Waals surface area contributed by atoms with Crippen LogP contribution in [-0.4, -0.2) is 27.4 Å². The topological polar surface area (TPSA) is 93.1 Å². The number of amides is 2. The Morgan fingerprint density at radius 3 is 2.20 bits per heavy atom. The Morgan fingerprint density at radius 2 is 1.51 bits per heavy atom. The lowest BCUT2D eigenvalue weighted by atomic mass is 10.1. The number of para-hydroxylation sites is 1. The van der Waals surface area contributed by atoms with Crippen molar-refractivity contribution in [2.24, 2.45) is 0 Å². The Hall–Kier alpha value is -4.52. The number of carbonyl (C=O) groups is 3. The van der Waals surface area contributed by atoms with Crippen molar-refractivity contribution in [3.63, 3.8) is 0 Å². The van der Waals surface area contributed by atoms with Crippen molar-refractivity contribution in [3.8, 4) is 5.69 Å². The van der Waals surface area contributed by atoms with Crippen molar-refractivity contribution in [1.82, 2.24) is 15.1 Å². The molecule has 0 aliphatic rings. The molecule has 0 bridgehead atoms. The van der Waals surface area contributed by atoms with Gasteiger partial charge in [-0.2, -0.15) is 5.10 Å². The molecule has 0 aliphatic heterocycles. The number of nitrogens with zero attached hydrogens (tertiary/aromatic N) is 2. The molecule has 7 heteroatoms. The van der Waals surface area contributed by atoms with E-state index in [0.717, 1.165) is 11.3 Å². The number of aryl methyl sites for hydroxylation is 1. The van der Waals surface area contributed by atoms with Gasteiger partial charge in [-0.15, -0.1) is 0 Å². The summed E-state index contributed by atoms with van der Waals surface area (Å²) in [5.74, 6) is -1.58. The third kappa shape index (κ3) is 5.19. The molecule has 7 nitrogen and oxygen atoms in total. The zero-order chi connectivity index (χ0) is 24.9. The lowest BCUT2D eigenvalue weighted by Crippen LogP contribution is -2.33. The van der Waals surface area contributed by atoms with E-state index in [-0.39, 0.29) is 5.91 Å². The number of rotatable bonds is 7. The van der Waals surface area contributed by atoms with Crippen molar-refractivity contribution in [2.45, 2.75) is 26.8 Å². The molecule has 4 rings (SSSR count). The number of nitrogens with one attached hydrogen (secondary N) is 2. The smallest absolute Gasteiger partial charge is 0.293 e. The molecule has 4 aromatic rings. The number of ketones is 1. The van der Waals surface area contributed by atoms with Gasteiger partial charge in [0.25, 0.3) is 17.6 Å². The molecular weight excluding hydrogens is 440 g/mol. The Labute approximate surface area is 203 Å². The zero-order valence-electron chi connectivity index (χ0n) is 19.8. The highest BCUT2D eigenvalue weighted by molar-refractivity contribution is 6.43. The molecule has 0 spiro atoms. The van der Waals surface area contributed by atoms with Gasteiger partial charge in [0.15, 0.2) is 0 Å². The number of hydrogen-bond donors (Lipinski definition) is 2. The van der Waals surface area contributed by atoms with Crippen LogP contribution in [0.4, 0.5) is 5.69 Å². The van der Waals surface area contributed by atoms with Gasteiger partial charge in [0, 0.05) is 11.3 Å². The molecule has 2 N–H and O–H groups in total. The van der Waals surface area contributed by atoms with E-state index in [0.29, 0.717) is 28.2 Å². The summed E-state index contributed by atoms with van der Waals surface area (Å²) in [6, 6.07) is 25.1. The first kappa shape index (κ1) is 23.6. The summed E-state index contributed by atoms with van der Waals surface area (Å²) >= 11 is 0. The molecule has 3 aromatic carbocycles. The highest BCUT2D eigenvalue weighted by atomic mass is 16.2. The van der Waals surface area contributed by atoms with Crippen molar-refractivity contribution in [3.05, 3.63) is 113 Å². The molecule has 2 amide bonds. The second-order valence-electron chi connectivity index (χ2n) is 8.26. The van der Waals surface area contributed by atoms with Crippen molar-refractivity contribution < 1.29 is 14.4 Å². The molecule has 176 valence electrons. The highest BCUT2D eigenvalue weighted by Crippen LogP contribution is 2.21. The summed E-state index contributed by atoms with van der Waals surface area (Å²) in [5, 5.41) is 10.1. The van der Waals surface area contributed by atoms with Gasteiger partial charge in [-0.05, 0) is 62.7 Å². The molecule has 1 aromatic heterocycles. The van der Waals surface area contributed by atoms with Gasteiger partial charge in [-0.3, -0.25) is 14.4 Å². The van der Waals surface area contributed by atoms with E-state index in [9.17, 15) is 14.4 Å². The Bertz CT molecular complexity index is 1380. The first-order chi connectivity index (χ1) is 16.8. The van der Waals surface area contributed by atoms with Crippen LogP contribution in [0.2, 0.25) is 0 Å². The van der Waals surface area contributed by atoms with Crippen LogP contribution in [0.3, 0.4) is 0 Å². The highest BCUT2D eigenvalue weighted by Gasteiger charge is 2.26. The van der Waals surface area contributed by atoms with E-state index in [2.05, 4.69) is 15.7 Å². The van der Waals surface area contributed by atoms with Crippen LogP contribution < -0.4 is 10.6 Å².